The van der Waals surface area contributed by atoms with E-state index in [1.165, 1.54) is 16.4 Å². The highest BCUT2D eigenvalue weighted by Gasteiger charge is 2.32. The molecule has 0 N–H and O–H groups in total. The molecule has 0 saturated carbocycles. The van der Waals surface area contributed by atoms with Crippen molar-refractivity contribution in [1.29, 1.82) is 0 Å². The van der Waals surface area contributed by atoms with Crippen LogP contribution in [0.25, 0.3) is 0 Å². The van der Waals surface area contributed by atoms with Crippen LogP contribution in [-0.4, -0.2) is 44.6 Å². The molecule has 0 spiro atoms. The summed E-state index contributed by atoms with van der Waals surface area (Å²) >= 11 is 6.10. The Morgan fingerprint density at radius 3 is 2.57 bits per heavy atom. The molecule has 7 heteroatoms. The minimum absolute atomic E-state index is 0.124. The van der Waals surface area contributed by atoms with Crippen molar-refractivity contribution < 1.29 is 17.9 Å². The average Bonchev–Trinajstić information content (AvgIpc) is 2.48. The van der Waals surface area contributed by atoms with Crippen LogP contribution >= 0.6 is 11.6 Å². The molecule has 1 heterocycles. The lowest BCUT2D eigenvalue weighted by molar-refractivity contribution is -0.0440. The molecule has 1 aromatic rings. The maximum absolute atomic E-state index is 12.8. The monoisotopic (exact) mass is 361 g/mol. The first-order valence-corrected chi connectivity index (χ1v) is 9.74. The average molecular weight is 362 g/mol. The van der Waals surface area contributed by atoms with Gasteiger partial charge in [0.15, 0.2) is 0 Å². The molecule has 2 rings (SSSR count). The molecule has 1 fully saturated rings. The normalized spacial score (nSPS) is 23.0. The summed E-state index contributed by atoms with van der Waals surface area (Å²) in [5, 5.41) is 0.420. The van der Waals surface area contributed by atoms with Gasteiger partial charge in [0.2, 0.25) is 10.0 Å². The molecule has 1 saturated heterocycles. The van der Waals surface area contributed by atoms with E-state index in [-0.39, 0.29) is 17.1 Å². The summed E-state index contributed by atoms with van der Waals surface area (Å²) in [6.45, 7) is 7.03. The molecule has 0 radical (unpaired) electrons. The topological polar surface area (TPSA) is 55.8 Å². The third kappa shape index (κ3) is 4.59. The highest BCUT2D eigenvalue weighted by molar-refractivity contribution is 7.89. The summed E-state index contributed by atoms with van der Waals surface area (Å²) in [6, 6.07) is 4.61. The highest BCUT2D eigenvalue weighted by atomic mass is 35.5. The minimum Gasteiger partial charge on any atom is -0.492 e. The predicted octanol–water partition coefficient (Wildman–Crippen LogP) is 3.32. The molecule has 5 nitrogen and oxygen atoms in total. The second-order valence-corrected chi connectivity index (χ2v) is 8.22. The lowest BCUT2D eigenvalue weighted by atomic mass is 10.3. The number of hydrogen-bond acceptors (Lipinski definition) is 4. The zero-order valence-electron chi connectivity index (χ0n) is 13.8. The molecule has 2 atom stereocenters. The summed E-state index contributed by atoms with van der Waals surface area (Å²) in [6.07, 6.45) is 1.65. The summed E-state index contributed by atoms with van der Waals surface area (Å²) in [4.78, 5) is 0.203. The molecular formula is C16H24ClNO4S. The second kappa shape index (κ2) is 7.83. The van der Waals surface area contributed by atoms with Gasteiger partial charge in [0.05, 0.1) is 28.7 Å². The van der Waals surface area contributed by atoms with Crippen LogP contribution in [0.2, 0.25) is 5.02 Å². The third-order valence-electron chi connectivity index (χ3n) is 3.68. The Morgan fingerprint density at radius 2 is 1.96 bits per heavy atom. The van der Waals surface area contributed by atoms with Gasteiger partial charge >= 0.3 is 0 Å². The van der Waals surface area contributed by atoms with E-state index in [2.05, 4.69) is 6.92 Å². The first-order chi connectivity index (χ1) is 10.8. The van der Waals surface area contributed by atoms with Crippen molar-refractivity contribution in [1.82, 2.24) is 4.31 Å². The molecule has 0 aromatic heterocycles. The van der Waals surface area contributed by atoms with Gasteiger partial charge in [-0.3, -0.25) is 0 Å². The molecule has 0 bridgehead atoms. The molecule has 1 aliphatic heterocycles. The van der Waals surface area contributed by atoms with E-state index in [1.54, 1.807) is 6.07 Å². The minimum atomic E-state index is -3.58. The van der Waals surface area contributed by atoms with Crippen molar-refractivity contribution in [3.63, 3.8) is 0 Å². The summed E-state index contributed by atoms with van der Waals surface area (Å²) in [5.41, 5.74) is 0. The van der Waals surface area contributed by atoms with Gasteiger partial charge in [-0.05, 0) is 32.4 Å². The lowest BCUT2D eigenvalue weighted by Crippen LogP contribution is -2.48. The van der Waals surface area contributed by atoms with Crippen molar-refractivity contribution in [2.45, 2.75) is 50.7 Å². The third-order valence-corrected chi connectivity index (χ3v) is 5.82. The van der Waals surface area contributed by atoms with Crippen molar-refractivity contribution in [2.24, 2.45) is 0 Å². The summed E-state index contributed by atoms with van der Waals surface area (Å²) in [5.74, 6) is 0.413. The van der Waals surface area contributed by atoms with Gasteiger partial charge in [-0.1, -0.05) is 24.9 Å². The Kier molecular flexibility index (Phi) is 6.31. The van der Waals surface area contributed by atoms with Crippen LogP contribution in [-0.2, 0) is 14.8 Å². The molecule has 1 aromatic carbocycles. The SMILES string of the molecule is CCCCOc1cc(S(=O)(=O)N2C[C@@H](C)O[C@H](C)C2)ccc1Cl. The number of ether oxygens (including phenoxy) is 2. The van der Waals surface area contributed by atoms with Gasteiger partial charge in [-0.2, -0.15) is 4.31 Å². The lowest BCUT2D eigenvalue weighted by Gasteiger charge is -2.34. The van der Waals surface area contributed by atoms with Crippen molar-refractivity contribution >= 4 is 21.6 Å². The van der Waals surface area contributed by atoms with Crippen LogP contribution in [0.3, 0.4) is 0 Å². The van der Waals surface area contributed by atoms with Crippen LogP contribution in [0, 0.1) is 0 Å². The Bertz CT molecular complexity index is 625. The van der Waals surface area contributed by atoms with Crippen molar-refractivity contribution in [3.8, 4) is 5.75 Å². The Hall–Kier alpha value is -0.820. The van der Waals surface area contributed by atoms with Crippen LogP contribution in [0.4, 0.5) is 0 Å². The van der Waals surface area contributed by atoms with E-state index in [1.807, 2.05) is 13.8 Å². The number of benzene rings is 1. The molecular weight excluding hydrogens is 338 g/mol. The number of sulfonamides is 1. The number of unbranched alkanes of at least 4 members (excludes halogenated alkanes) is 1. The summed E-state index contributed by atoms with van der Waals surface area (Å²) in [7, 11) is -3.58. The first-order valence-electron chi connectivity index (χ1n) is 7.92. The van der Waals surface area contributed by atoms with Crippen LogP contribution in [0.5, 0.6) is 5.75 Å². The van der Waals surface area contributed by atoms with Gasteiger partial charge in [0.1, 0.15) is 5.75 Å². The molecule has 0 amide bonds. The molecule has 0 aliphatic carbocycles. The van der Waals surface area contributed by atoms with Gasteiger partial charge in [0.25, 0.3) is 0 Å². The van der Waals surface area contributed by atoms with Gasteiger partial charge < -0.3 is 9.47 Å². The zero-order valence-corrected chi connectivity index (χ0v) is 15.4. The standard InChI is InChI=1S/C16H24ClNO4S/c1-4-5-8-21-16-9-14(6-7-15(16)17)23(19,20)18-10-12(2)22-13(3)11-18/h6-7,9,12-13H,4-5,8,10-11H2,1-3H3/t12-,13-/m1/s1. The first kappa shape index (κ1) is 18.5. The van der Waals surface area contributed by atoms with Crippen LogP contribution < -0.4 is 4.74 Å². The number of morpholine rings is 1. The smallest absolute Gasteiger partial charge is 0.243 e. The van der Waals surface area contributed by atoms with Crippen molar-refractivity contribution in [3.05, 3.63) is 23.2 Å². The van der Waals surface area contributed by atoms with Crippen LogP contribution in [0.15, 0.2) is 23.1 Å². The van der Waals surface area contributed by atoms with E-state index in [4.69, 9.17) is 21.1 Å². The number of halogens is 1. The fraction of sp³-hybridized carbons (Fsp3) is 0.625. The number of nitrogens with zero attached hydrogens (tertiary/aromatic N) is 1. The largest absolute Gasteiger partial charge is 0.492 e. The van der Waals surface area contributed by atoms with E-state index >= 15 is 0 Å². The van der Waals surface area contributed by atoms with E-state index in [0.717, 1.165) is 12.8 Å². The van der Waals surface area contributed by atoms with E-state index in [0.29, 0.717) is 30.5 Å². The molecule has 130 valence electrons. The van der Waals surface area contributed by atoms with Gasteiger partial charge in [-0.25, -0.2) is 8.42 Å². The maximum atomic E-state index is 12.8. The second-order valence-electron chi connectivity index (χ2n) is 5.87. The molecule has 23 heavy (non-hydrogen) atoms. The van der Waals surface area contributed by atoms with E-state index < -0.39 is 10.0 Å². The maximum Gasteiger partial charge on any atom is 0.243 e. The number of rotatable bonds is 6. The van der Waals surface area contributed by atoms with Crippen LogP contribution in [0.1, 0.15) is 33.6 Å². The molecule has 0 unspecified atom stereocenters. The van der Waals surface area contributed by atoms with Gasteiger partial charge in [0, 0.05) is 19.2 Å². The zero-order chi connectivity index (χ0) is 17.0. The highest BCUT2D eigenvalue weighted by Crippen LogP contribution is 2.30. The van der Waals surface area contributed by atoms with E-state index in [9.17, 15) is 8.42 Å². The predicted molar refractivity (Wildman–Crippen MR) is 90.6 cm³/mol. The van der Waals surface area contributed by atoms with Gasteiger partial charge in [-0.15, -0.1) is 0 Å². The molecule has 1 aliphatic rings. The van der Waals surface area contributed by atoms with Crippen molar-refractivity contribution in [2.75, 3.05) is 19.7 Å². The Balaban J connectivity index is 2.23. The Labute approximate surface area is 143 Å². The fourth-order valence-corrected chi connectivity index (χ4v) is 4.34. The summed E-state index contributed by atoms with van der Waals surface area (Å²) < 4.78 is 38.4. The number of hydrogen-bond donors (Lipinski definition) is 0. The quantitative estimate of drug-likeness (QED) is 0.729. The fourth-order valence-electron chi connectivity index (χ4n) is 2.56. The Morgan fingerprint density at radius 1 is 1.30 bits per heavy atom.